The molecule has 208 valence electrons. The van der Waals surface area contributed by atoms with Gasteiger partial charge in [0.15, 0.2) is 24.4 Å². The minimum absolute atomic E-state index is 0. The SMILES string of the molecule is CCc1ccc(C2CCCN2C)cn1.O.O.O=C(O)C(O)C(O)C(=O)O.O=C(O)C(O)C(O)C(=O)O. The molecule has 5 unspecified atom stereocenters. The molecule has 16 heteroatoms. The van der Waals surface area contributed by atoms with Crippen LogP contribution in [0.25, 0.3) is 0 Å². The molecule has 5 atom stereocenters. The molecule has 2 rings (SSSR count). The van der Waals surface area contributed by atoms with Crippen molar-refractivity contribution in [1.82, 2.24) is 9.88 Å². The maximum atomic E-state index is 9.77. The van der Waals surface area contributed by atoms with Crippen molar-refractivity contribution in [1.29, 1.82) is 0 Å². The molecule has 0 spiro atoms. The van der Waals surface area contributed by atoms with Crippen LogP contribution in [-0.4, -0.2) is 124 Å². The molecule has 36 heavy (non-hydrogen) atoms. The molecule has 16 nitrogen and oxygen atoms in total. The van der Waals surface area contributed by atoms with E-state index in [1.807, 2.05) is 6.20 Å². The highest BCUT2D eigenvalue weighted by Crippen LogP contribution is 2.29. The van der Waals surface area contributed by atoms with E-state index >= 15 is 0 Å². The van der Waals surface area contributed by atoms with Crippen LogP contribution in [0.4, 0.5) is 0 Å². The van der Waals surface area contributed by atoms with E-state index in [1.165, 1.54) is 30.6 Å². The first-order valence-corrected chi connectivity index (χ1v) is 10.0. The van der Waals surface area contributed by atoms with E-state index in [0.717, 1.165) is 6.42 Å². The number of carbonyl (C=O) groups is 4. The molecule has 0 aromatic carbocycles. The zero-order valence-corrected chi connectivity index (χ0v) is 19.6. The average molecular weight is 526 g/mol. The highest BCUT2D eigenvalue weighted by Gasteiger charge is 2.30. The summed E-state index contributed by atoms with van der Waals surface area (Å²) in [6, 6.07) is 4.99. The second-order valence-electron chi connectivity index (χ2n) is 7.21. The number of aliphatic carboxylic acids is 4. The van der Waals surface area contributed by atoms with Gasteiger partial charge in [-0.25, -0.2) is 19.2 Å². The van der Waals surface area contributed by atoms with Crippen molar-refractivity contribution in [2.24, 2.45) is 0 Å². The van der Waals surface area contributed by atoms with Crippen LogP contribution in [0.3, 0.4) is 0 Å². The lowest BCUT2D eigenvalue weighted by atomic mass is 10.1. The van der Waals surface area contributed by atoms with E-state index in [-0.39, 0.29) is 11.0 Å². The third-order valence-electron chi connectivity index (χ3n) is 4.73. The Morgan fingerprint density at radius 2 is 1.25 bits per heavy atom. The molecular formula is C20H34N2O14. The lowest BCUT2D eigenvalue weighted by Gasteiger charge is -2.19. The van der Waals surface area contributed by atoms with Crippen molar-refractivity contribution in [3.05, 3.63) is 29.6 Å². The van der Waals surface area contributed by atoms with Gasteiger partial charge in [0.25, 0.3) is 0 Å². The third kappa shape index (κ3) is 12.5. The number of aliphatic hydroxyl groups excluding tert-OH is 4. The number of rotatable bonds is 8. The van der Waals surface area contributed by atoms with E-state index < -0.39 is 48.3 Å². The number of aromatic nitrogens is 1. The third-order valence-corrected chi connectivity index (χ3v) is 4.73. The largest absolute Gasteiger partial charge is 0.479 e. The van der Waals surface area contributed by atoms with Crippen LogP contribution in [0, 0.1) is 0 Å². The molecule has 0 saturated carbocycles. The van der Waals surface area contributed by atoms with Crippen molar-refractivity contribution in [2.75, 3.05) is 13.6 Å². The summed E-state index contributed by atoms with van der Waals surface area (Å²) in [6.07, 6.45) is -3.39. The summed E-state index contributed by atoms with van der Waals surface area (Å²) in [5, 5.41) is 65.1. The molecule has 0 aliphatic carbocycles. The Morgan fingerprint density at radius 3 is 1.47 bits per heavy atom. The van der Waals surface area contributed by atoms with Gasteiger partial charge < -0.3 is 51.8 Å². The normalized spacial score (nSPS) is 17.7. The monoisotopic (exact) mass is 526 g/mol. The number of likely N-dealkylation sites (tertiary alicyclic amines) is 1. The van der Waals surface area contributed by atoms with Crippen LogP contribution in [0.5, 0.6) is 0 Å². The summed E-state index contributed by atoms with van der Waals surface area (Å²) in [7, 11) is 2.20. The lowest BCUT2D eigenvalue weighted by Crippen LogP contribution is -2.39. The van der Waals surface area contributed by atoms with Crippen molar-refractivity contribution in [3.63, 3.8) is 0 Å². The molecule has 12 N–H and O–H groups in total. The fraction of sp³-hybridized carbons (Fsp3) is 0.550. The second-order valence-corrected chi connectivity index (χ2v) is 7.21. The molecule has 1 aliphatic heterocycles. The number of pyridine rings is 1. The van der Waals surface area contributed by atoms with Crippen molar-refractivity contribution in [2.45, 2.75) is 56.6 Å². The zero-order chi connectivity index (χ0) is 26.6. The Morgan fingerprint density at radius 1 is 0.861 bits per heavy atom. The van der Waals surface area contributed by atoms with Crippen molar-refractivity contribution < 1.29 is 71.0 Å². The number of carboxylic acids is 4. The zero-order valence-electron chi connectivity index (χ0n) is 19.6. The Hall–Kier alpha value is -3.25. The molecule has 0 bridgehead atoms. The molecule has 2 heterocycles. The molecular weight excluding hydrogens is 492 g/mol. The molecule has 0 radical (unpaired) electrons. The summed E-state index contributed by atoms with van der Waals surface area (Å²) >= 11 is 0. The van der Waals surface area contributed by atoms with Gasteiger partial charge in [0.05, 0.1) is 0 Å². The van der Waals surface area contributed by atoms with Crippen molar-refractivity contribution in [3.8, 4) is 0 Å². The summed E-state index contributed by atoms with van der Waals surface area (Å²) in [5.41, 5.74) is 2.57. The summed E-state index contributed by atoms with van der Waals surface area (Å²) in [5.74, 6) is -7.07. The van der Waals surface area contributed by atoms with Crippen LogP contribution >= 0.6 is 0 Å². The van der Waals surface area contributed by atoms with Gasteiger partial charge in [0.2, 0.25) is 0 Å². The van der Waals surface area contributed by atoms with Gasteiger partial charge in [0.1, 0.15) is 0 Å². The number of nitrogens with zero attached hydrogens (tertiary/aromatic N) is 2. The minimum Gasteiger partial charge on any atom is -0.479 e. The summed E-state index contributed by atoms with van der Waals surface area (Å²) in [6.45, 7) is 3.36. The van der Waals surface area contributed by atoms with E-state index in [2.05, 4.69) is 36.0 Å². The Balaban J connectivity index is -0.000000453. The molecule has 1 aromatic rings. The van der Waals surface area contributed by atoms with Crippen LogP contribution in [-0.2, 0) is 25.6 Å². The molecule has 1 saturated heterocycles. The fourth-order valence-corrected chi connectivity index (χ4v) is 2.71. The van der Waals surface area contributed by atoms with Gasteiger partial charge in [-0.1, -0.05) is 13.0 Å². The smallest absolute Gasteiger partial charge is 0.335 e. The topological polar surface area (TPSA) is 309 Å². The maximum absolute atomic E-state index is 9.77. The van der Waals surface area contributed by atoms with Gasteiger partial charge in [-0.3, -0.25) is 9.88 Å². The maximum Gasteiger partial charge on any atom is 0.335 e. The average Bonchev–Trinajstić information content (AvgIpc) is 3.23. The second kappa shape index (κ2) is 18.1. The van der Waals surface area contributed by atoms with Gasteiger partial charge in [-0.05, 0) is 44.5 Å². The number of hydrogen-bond acceptors (Lipinski definition) is 10. The van der Waals surface area contributed by atoms with E-state index in [9.17, 15) is 19.2 Å². The first kappa shape index (κ1) is 37.3. The number of carboxylic acid groups (broad SMARTS) is 4. The van der Waals surface area contributed by atoms with E-state index in [4.69, 9.17) is 40.9 Å². The van der Waals surface area contributed by atoms with Gasteiger partial charge in [-0.15, -0.1) is 0 Å². The van der Waals surface area contributed by atoms with Crippen LogP contribution in [0.15, 0.2) is 18.3 Å². The molecule has 1 fully saturated rings. The highest BCUT2D eigenvalue weighted by atomic mass is 16.4. The Bertz CT molecular complexity index is 747. The fourth-order valence-electron chi connectivity index (χ4n) is 2.71. The quantitative estimate of drug-likeness (QED) is 0.163. The summed E-state index contributed by atoms with van der Waals surface area (Å²) < 4.78 is 0. The molecule has 0 amide bonds. The van der Waals surface area contributed by atoms with Gasteiger partial charge in [0, 0.05) is 17.9 Å². The predicted molar refractivity (Wildman–Crippen MR) is 120 cm³/mol. The Labute approximate surface area is 205 Å². The highest BCUT2D eigenvalue weighted by molar-refractivity contribution is 5.83. The standard InChI is InChI=1S/C12H18N2.2C4H6O6.2H2O/c1-3-11-7-6-10(9-13-11)12-5-4-8-14(12)2;2*5-1(3(7)8)2(6)4(9)10;;/h6-7,9,12H,3-5,8H2,1-2H3;2*1-2,5-6H,(H,7,8)(H,9,10);2*1H2. The van der Waals surface area contributed by atoms with E-state index in [0.29, 0.717) is 6.04 Å². The first-order chi connectivity index (χ1) is 15.7. The lowest BCUT2D eigenvalue weighted by molar-refractivity contribution is -0.165. The number of aliphatic hydroxyl groups is 4. The summed E-state index contributed by atoms with van der Waals surface area (Å²) in [4.78, 5) is 46.0. The number of hydrogen-bond donors (Lipinski definition) is 8. The van der Waals surface area contributed by atoms with Crippen molar-refractivity contribution >= 4 is 23.9 Å². The van der Waals surface area contributed by atoms with Gasteiger partial charge >= 0.3 is 23.9 Å². The van der Waals surface area contributed by atoms with Crippen LogP contribution < -0.4 is 0 Å². The minimum atomic E-state index is -2.27. The van der Waals surface area contributed by atoms with Crippen LogP contribution in [0.2, 0.25) is 0 Å². The molecule has 1 aromatic heterocycles. The van der Waals surface area contributed by atoms with E-state index in [1.54, 1.807) is 0 Å². The Kier molecular flexibility index (Phi) is 18.7. The molecule has 1 aliphatic rings. The van der Waals surface area contributed by atoms with Gasteiger partial charge in [-0.2, -0.15) is 0 Å². The first-order valence-electron chi connectivity index (χ1n) is 10.0. The number of aryl methyl sites for hydroxylation is 1. The van der Waals surface area contributed by atoms with Crippen LogP contribution in [0.1, 0.15) is 37.1 Å². The predicted octanol–water partition coefficient (Wildman–Crippen LogP) is -3.48.